The van der Waals surface area contributed by atoms with E-state index in [1.54, 1.807) is 12.0 Å². The molecule has 1 N–H and O–H groups in total. The second-order valence-corrected chi connectivity index (χ2v) is 6.22. The summed E-state index contributed by atoms with van der Waals surface area (Å²) in [5.41, 5.74) is 1.29. The fraction of sp³-hybridized carbons (Fsp3) is 0.300. The number of rotatable bonds is 7. The van der Waals surface area contributed by atoms with Crippen LogP contribution in [0.1, 0.15) is 28.8 Å². The number of phenolic OH excluding ortho intramolecular Hbond substituents is 1. The third-order valence-corrected chi connectivity index (χ3v) is 4.25. The van der Waals surface area contributed by atoms with Crippen LogP contribution in [0, 0.1) is 0 Å². The Hall–Kier alpha value is -3.02. The zero-order valence-electron chi connectivity index (χ0n) is 14.6. The van der Waals surface area contributed by atoms with Crippen molar-refractivity contribution in [3.05, 3.63) is 59.7 Å². The minimum atomic E-state index is -0.585. The monoisotopic (exact) mass is 355 g/mol. The van der Waals surface area contributed by atoms with Gasteiger partial charge in [0.05, 0.1) is 12.7 Å². The number of benzene rings is 2. The summed E-state index contributed by atoms with van der Waals surface area (Å²) in [6.07, 6.45) is 1.93. The van der Waals surface area contributed by atoms with Gasteiger partial charge in [0.25, 0.3) is 5.91 Å². The first kappa shape index (κ1) is 17.8. The van der Waals surface area contributed by atoms with Gasteiger partial charge in [0.1, 0.15) is 11.5 Å². The lowest BCUT2D eigenvalue weighted by atomic mass is 10.2. The summed E-state index contributed by atoms with van der Waals surface area (Å²) in [6.45, 7) is 0.177. The van der Waals surface area contributed by atoms with Gasteiger partial charge in [0, 0.05) is 12.6 Å². The molecule has 0 saturated heterocycles. The molecule has 0 bridgehead atoms. The molecule has 2 aromatic carbocycles. The van der Waals surface area contributed by atoms with Gasteiger partial charge in [-0.2, -0.15) is 0 Å². The van der Waals surface area contributed by atoms with Crippen molar-refractivity contribution < 1.29 is 24.2 Å². The molecule has 0 aromatic heterocycles. The lowest BCUT2D eigenvalue weighted by Crippen LogP contribution is -2.36. The summed E-state index contributed by atoms with van der Waals surface area (Å²) < 4.78 is 10.3. The van der Waals surface area contributed by atoms with Crippen LogP contribution in [-0.4, -0.2) is 41.6 Å². The second-order valence-electron chi connectivity index (χ2n) is 6.22. The Labute approximate surface area is 152 Å². The van der Waals surface area contributed by atoms with Gasteiger partial charge in [0.2, 0.25) is 0 Å². The maximum Gasteiger partial charge on any atom is 0.338 e. The number of phenols is 1. The molecular weight excluding hydrogens is 334 g/mol. The van der Waals surface area contributed by atoms with Crippen molar-refractivity contribution in [3.63, 3.8) is 0 Å². The smallest absolute Gasteiger partial charge is 0.338 e. The van der Waals surface area contributed by atoms with Crippen molar-refractivity contribution in [1.29, 1.82) is 0 Å². The number of aromatic hydroxyl groups is 1. The van der Waals surface area contributed by atoms with Crippen LogP contribution in [0.2, 0.25) is 0 Å². The molecule has 0 unspecified atom stereocenters. The summed E-state index contributed by atoms with van der Waals surface area (Å²) in [7, 11) is 1.61. The summed E-state index contributed by atoms with van der Waals surface area (Å²) in [6, 6.07) is 13.5. The maximum atomic E-state index is 12.5. The first-order chi connectivity index (χ1) is 12.6. The standard InChI is InChI=1S/C20H21NO5/c1-25-18-10-2-14(3-11-18)12-21(16-6-7-16)19(23)13-26-20(24)15-4-8-17(22)9-5-15/h2-5,8-11,16,22H,6-7,12-13H2,1H3. The van der Waals surface area contributed by atoms with E-state index in [1.165, 1.54) is 24.3 Å². The van der Waals surface area contributed by atoms with E-state index in [0.29, 0.717) is 12.1 Å². The highest BCUT2D eigenvalue weighted by molar-refractivity contribution is 5.91. The summed E-state index contributed by atoms with van der Waals surface area (Å²) in [4.78, 5) is 26.3. The van der Waals surface area contributed by atoms with E-state index >= 15 is 0 Å². The molecular formula is C20H21NO5. The minimum absolute atomic E-state index is 0.0667. The normalized spacial score (nSPS) is 13.1. The van der Waals surface area contributed by atoms with Crippen LogP contribution in [0.3, 0.4) is 0 Å². The van der Waals surface area contributed by atoms with E-state index in [1.807, 2.05) is 24.3 Å². The Morgan fingerprint density at radius 1 is 1.08 bits per heavy atom. The summed E-state index contributed by atoms with van der Waals surface area (Å²) in [5.74, 6) is 0.0342. The fourth-order valence-corrected chi connectivity index (χ4v) is 2.63. The average molecular weight is 355 g/mol. The van der Waals surface area contributed by atoms with Crippen LogP contribution in [-0.2, 0) is 16.1 Å². The molecule has 6 heteroatoms. The number of methoxy groups -OCH3 is 1. The zero-order valence-corrected chi connectivity index (χ0v) is 14.6. The van der Waals surface area contributed by atoms with E-state index in [2.05, 4.69) is 0 Å². The number of hydrogen-bond acceptors (Lipinski definition) is 5. The number of carbonyl (C=O) groups excluding carboxylic acids is 2. The van der Waals surface area contributed by atoms with Crippen LogP contribution in [0.4, 0.5) is 0 Å². The van der Waals surface area contributed by atoms with Gasteiger partial charge in [-0.05, 0) is 54.8 Å². The van der Waals surface area contributed by atoms with Crippen molar-refractivity contribution in [2.75, 3.05) is 13.7 Å². The van der Waals surface area contributed by atoms with E-state index in [9.17, 15) is 14.7 Å². The molecule has 1 amide bonds. The van der Waals surface area contributed by atoms with Crippen molar-refractivity contribution in [2.24, 2.45) is 0 Å². The molecule has 1 saturated carbocycles. The molecule has 136 valence electrons. The molecule has 0 heterocycles. The maximum absolute atomic E-state index is 12.5. The number of ether oxygens (including phenoxy) is 2. The molecule has 2 aromatic rings. The number of amides is 1. The number of nitrogens with zero attached hydrogens (tertiary/aromatic N) is 1. The number of hydrogen-bond donors (Lipinski definition) is 1. The van der Waals surface area contributed by atoms with Crippen LogP contribution >= 0.6 is 0 Å². The Kier molecular flexibility index (Phi) is 5.41. The highest BCUT2D eigenvalue weighted by Crippen LogP contribution is 2.29. The Balaban J connectivity index is 1.58. The van der Waals surface area contributed by atoms with Gasteiger partial charge in [0.15, 0.2) is 6.61 Å². The van der Waals surface area contributed by atoms with E-state index in [-0.39, 0.29) is 24.3 Å². The van der Waals surface area contributed by atoms with Crippen molar-refractivity contribution in [2.45, 2.75) is 25.4 Å². The first-order valence-electron chi connectivity index (χ1n) is 8.45. The van der Waals surface area contributed by atoms with Crippen LogP contribution < -0.4 is 4.74 Å². The van der Waals surface area contributed by atoms with E-state index in [0.717, 1.165) is 24.2 Å². The lowest BCUT2D eigenvalue weighted by molar-refractivity contribution is -0.135. The molecule has 1 fully saturated rings. The van der Waals surface area contributed by atoms with Gasteiger partial charge >= 0.3 is 5.97 Å². The summed E-state index contributed by atoms with van der Waals surface area (Å²) in [5, 5.41) is 9.25. The average Bonchev–Trinajstić information content (AvgIpc) is 3.50. The molecule has 1 aliphatic rings. The zero-order chi connectivity index (χ0) is 18.5. The molecule has 0 radical (unpaired) electrons. The quantitative estimate of drug-likeness (QED) is 0.773. The molecule has 26 heavy (non-hydrogen) atoms. The largest absolute Gasteiger partial charge is 0.508 e. The van der Waals surface area contributed by atoms with Crippen LogP contribution in [0.25, 0.3) is 0 Å². The predicted molar refractivity (Wildman–Crippen MR) is 95.0 cm³/mol. The Morgan fingerprint density at radius 2 is 1.73 bits per heavy atom. The predicted octanol–water partition coefficient (Wildman–Crippen LogP) is 2.75. The molecule has 1 aliphatic carbocycles. The molecule has 0 aliphatic heterocycles. The topological polar surface area (TPSA) is 76.1 Å². The Bertz CT molecular complexity index is 766. The van der Waals surface area contributed by atoms with E-state index < -0.39 is 5.97 Å². The van der Waals surface area contributed by atoms with Gasteiger partial charge in [-0.15, -0.1) is 0 Å². The highest BCUT2D eigenvalue weighted by atomic mass is 16.5. The van der Waals surface area contributed by atoms with Gasteiger partial charge in [-0.3, -0.25) is 4.79 Å². The second kappa shape index (κ2) is 7.91. The van der Waals surface area contributed by atoms with Gasteiger partial charge < -0.3 is 19.5 Å². The number of carbonyl (C=O) groups is 2. The van der Waals surface area contributed by atoms with Crippen LogP contribution in [0.5, 0.6) is 11.5 Å². The third kappa shape index (κ3) is 4.53. The summed E-state index contributed by atoms with van der Waals surface area (Å²) >= 11 is 0. The molecule has 6 nitrogen and oxygen atoms in total. The molecule has 0 atom stereocenters. The van der Waals surface area contributed by atoms with Crippen molar-refractivity contribution >= 4 is 11.9 Å². The fourth-order valence-electron chi connectivity index (χ4n) is 2.63. The molecule has 0 spiro atoms. The third-order valence-electron chi connectivity index (χ3n) is 4.25. The minimum Gasteiger partial charge on any atom is -0.508 e. The van der Waals surface area contributed by atoms with Gasteiger partial charge in [-0.25, -0.2) is 4.79 Å². The van der Waals surface area contributed by atoms with Crippen LogP contribution in [0.15, 0.2) is 48.5 Å². The van der Waals surface area contributed by atoms with E-state index in [4.69, 9.17) is 9.47 Å². The number of esters is 1. The lowest BCUT2D eigenvalue weighted by Gasteiger charge is -2.22. The molecule has 3 rings (SSSR count). The van der Waals surface area contributed by atoms with Crippen molar-refractivity contribution in [3.8, 4) is 11.5 Å². The van der Waals surface area contributed by atoms with Gasteiger partial charge in [-0.1, -0.05) is 12.1 Å². The Morgan fingerprint density at radius 3 is 2.31 bits per heavy atom. The van der Waals surface area contributed by atoms with Crippen molar-refractivity contribution in [1.82, 2.24) is 4.90 Å². The SMILES string of the molecule is COc1ccc(CN(C(=O)COC(=O)c2ccc(O)cc2)C2CC2)cc1. The highest BCUT2D eigenvalue weighted by Gasteiger charge is 2.33. The first-order valence-corrected chi connectivity index (χ1v) is 8.45.